The summed E-state index contributed by atoms with van der Waals surface area (Å²) in [4.78, 5) is 0. The fourth-order valence-electron chi connectivity index (χ4n) is 3.24. The van der Waals surface area contributed by atoms with Gasteiger partial charge in [-0.2, -0.15) is 0 Å². The van der Waals surface area contributed by atoms with Crippen LogP contribution in [0.4, 0.5) is 0 Å². The summed E-state index contributed by atoms with van der Waals surface area (Å²) in [5.74, 6) is 1.79. The van der Waals surface area contributed by atoms with Gasteiger partial charge in [0, 0.05) is 6.04 Å². The lowest BCUT2D eigenvalue weighted by atomic mass is 9.75. The third-order valence-corrected chi connectivity index (χ3v) is 4.38. The van der Waals surface area contributed by atoms with Gasteiger partial charge >= 0.3 is 0 Å². The Balaban J connectivity index is 1.93. The predicted molar refractivity (Wildman–Crippen MR) is 71.0 cm³/mol. The van der Waals surface area contributed by atoms with E-state index >= 15 is 0 Å². The van der Waals surface area contributed by atoms with Crippen molar-refractivity contribution < 1.29 is 4.42 Å². The van der Waals surface area contributed by atoms with Crippen LogP contribution in [0.2, 0.25) is 0 Å². The van der Waals surface area contributed by atoms with E-state index in [2.05, 4.69) is 25.4 Å². The molecule has 0 bridgehead atoms. The first-order chi connectivity index (χ1) is 8.33. The Morgan fingerprint density at radius 2 is 2.35 bits per heavy atom. The monoisotopic (exact) mass is 235 g/mol. The molecule has 1 aliphatic carbocycles. The normalized spacial score (nSPS) is 26.9. The van der Waals surface area contributed by atoms with Crippen LogP contribution in [0.5, 0.6) is 0 Å². The van der Waals surface area contributed by atoms with Crippen LogP contribution in [-0.2, 0) is 6.42 Å². The van der Waals surface area contributed by atoms with E-state index in [-0.39, 0.29) is 0 Å². The van der Waals surface area contributed by atoms with Gasteiger partial charge in [0.25, 0.3) is 0 Å². The van der Waals surface area contributed by atoms with Crippen LogP contribution in [0, 0.1) is 11.8 Å². The lowest BCUT2D eigenvalue weighted by molar-refractivity contribution is 0.212. The lowest BCUT2D eigenvalue weighted by Crippen LogP contribution is -2.38. The second-order valence-electron chi connectivity index (χ2n) is 5.43. The van der Waals surface area contributed by atoms with Gasteiger partial charge in [0.1, 0.15) is 0 Å². The molecule has 3 unspecified atom stereocenters. The molecule has 1 aromatic rings. The molecule has 0 amide bonds. The van der Waals surface area contributed by atoms with Gasteiger partial charge in [0.05, 0.1) is 12.5 Å². The van der Waals surface area contributed by atoms with Crippen molar-refractivity contribution >= 4 is 0 Å². The molecule has 1 fully saturated rings. The van der Waals surface area contributed by atoms with E-state index in [0.29, 0.717) is 6.04 Å². The van der Waals surface area contributed by atoms with Crippen molar-refractivity contribution in [3.05, 3.63) is 24.2 Å². The molecule has 96 valence electrons. The fraction of sp³-hybridized carbons (Fsp3) is 0.733. The van der Waals surface area contributed by atoms with E-state index in [4.69, 9.17) is 4.42 Å². The van der Waals surface area contributed by atoms with E-state index < -0.39 is 0 Å². The standard InChI is InChI=1S/C15H25NO/c1-3-12-5-4-6-14(9-12)15(16-2)10-13-7-8-17-11-13/h7-8,11-12,14-16H,3-6,9-10H2,1-2H3. The van der Waals surface area contributed by atoms with Gasteiger partial charge in [-0.05, 0) is 49.8 Å². The lowest BCUT2D eigenvalue weighted by Gasteiger charge is -2.34. The maximum atomic E-state index is 5.16. The largest absolute Gasteiger partial charge is 0.472 e. The van der Waals surface area contributed by atoms with E-state index in [1.807, 2.05) is 6.26 Å². The maximum absolute atomic E-state index is 5.16. The molecule has 2 rings (SSSR count). The van der Waals surface area contributed by atoms with Gasteiger partial charge in [-0.3, -0.25) is 0 Å². The van der Waals surface area contributed by atoms with Crippen molar-refractivity contribution in [2.45, 2.75) is 51.5 Å². The molecule has 0 radical (unpaired) electrons. The average Bonchev–Trinajstić information content (AvgIpc) is 2.89. The molecular formula is C15H25NO. The minimum Gasteiger partial charge on any atom is -0.472 e. The van der Waals surface area contributed by atoms with Gasteiger partial charge in [-0.25, -0.2) is 0 Å². The fourth-order valence-corrected chi connectivity index (χ4v) is 3.24. The smallest absolute Gasteiger partial charge is 0.0935 e. The summed E-state index contributed by atoms with van der Waals surface area (Å²) in [6.45, 7) is 2.33. The molecule has 1 saturated carbocycles. The summed E-state index contributed by atoms with van der Waals surface area (Å²) in [7, 11) is 2.10. The molecule has 3 atom stereocenters. The van der Waals surface area contributed by atoms with Crippen molar-refractivity contribution in [1.29, 1.82) is 0 Å². The molecule has 1 aromatic heterocycles. The summed E-state index contributed by atoms with van der Waals surface area (Å²) in [5.41, 5.74) is 1.32. The molecule has 2 heteroatoms. The zero-order valence-corrected chi connectivity index (χ0v) is 11.1. The second-order valence-corrected chi connectivity index (χ2v) is 5.43. The molecular weight excluding hydrogens is 210 g/mol. The summed E-state index contributed by atoms with van der Waals surface area (Å²) in [6, 6.07) is 2.70. The van der Waals surface area contributed by atoms with E-state index in [0.717, 1.165) is 18.3 Å². The summed E-state index contributed by atoms with van der Waals surface area (Å²) < 4.78 is 5.16. The van der Waals surface area contributed by atoms with Crippen LogP contribution < -0.4 is 5.32 Å². The maximum Gasteiger partial charge on any atom is 0.0935 e. The van der Waals surface area contributed by atoms with E-state index in [1.54, 1.807) is 6.26 Å². The van der Waals surface area contributed by atoms with Crippen molar-refractivity contribution in [2.75, 3.05) is 7.05 Å². The van der Waals surface area contributed by atoms with Crippen LogP contribution in [0.15, 0.2) is 23.0 Å². The number of rotatable bonds is 5. The Labute approximate surface area is 105 Å². The Kier molecular flexibility index (Phi) is 4.66. The Bertz CT molecular complexity index is 307. The molecule has 2 nitrogen and oxygen atoms in total. The molecule has 0 aromatic carbocycles. The first kappa shape index (κ1) is 12.7. The van der Waals surface area contributed by atoms with Crippen molar-refractivity contribution in [3.63, 3.8) is 0 Å². The Morgan fingerprint density at radius 3 is 3.00 bits per heavy atom. The minimum absolute atomic E-state index is 0.613. The highest BCUT2D eigenvalue weighted by molar-refractivity contribution is 5.08. The first-order valence-electron chi connectivity index (χ1n) is 7.01. The van der Waals surface area contributed by atoms with Crippen molar-refractivity contribution in [3.8, 4) is 0 Å². The highest BCUT2D eigenvalue weighted by atomic mass is 16.3. The Morgan fingerprint density at radius 1 is 1.47 bits per heavy atom. The number of furan rings is 1. The zero-order chi connectivity index (χ0) is 12.1. The third kappa shape index (κ3) is 3.35. The molecule has 0 spiro atoms. The summed E-state index contributed by atoms with van der Waals surface area (Å²) >= 11 is 0. The zero-order valence-electron chi connectivity index (χ0n) is 11.1. The average molecular weight is 235 g/mol. The topological polar surface area (TPSA) is 25.2 Å². The van der Waals surface area contributed by atoms with Gasteiger partial charge in [0.15, 0.2) is 0 Å². The van der Waals surface area contributed by atoms with Crippen molar-refractivity contribution in [1.82, 2.24) is 5.32 Å². The van der Waals surface area contributed by atoms with Crippen LogP contribution in [0.3, 0.4) is 0 Å². The van der Waals surface area contributed by atoms with E-state index in [1.165, 1.54) is 37.7 Å². The van der Waals surface area contributed by atoms with Crippen molar-refractivity contribution in [2.24, 2.45) is 11.8 Å². The summed E-state index contributed by atoms with van der Waals surface area (Å²) in [6.07, 6.45) is 11.7. The quantitative estimate of drug-likeness (QED) is 0.843. The predicted octanol–water partition coefficient (Wildman–Crippen LogP) is 3.63. The first-order valence-corrected chi connectivity index (χ1v) is 7.01. The number of likely N-dealkylation sites (N-methyl/N-ethyl adjacent to an activating group) is 1. The molecule has 17 heavy (non-hydrogen) atoms. The molecule has 1 heterocycles. The van der Waals surface area contributed by atoms with Gasteiger partial charge in [-0.1, -0.05) is 26.2 Å². The number of hydrogen-bond acceptors (Lipinski definition) is 2. The highest BCUT2D eigenvalue weighted by Gasteiger charge is 2.27. The Hall–Kier alpha value is -0.760. The highest BCUT2D eigenvalue weighted by Crippen LogP contribution is 2.33. The molecule has 0 saturated heterocycles. The third-order valence-electron chi connectivity index (χ3n) is 4.38. The minimum atomic E-state index is 0.613. The van der Waals surface area contributed by atoms with Crippen LogP contribution in [0.25, 0.3) is 0 Å². The van der Waals surface area contributed by atoms with Gasteiger partial charge < -0.3 is 9.73 Å². The SMILES string of the molecule is CCC1CCCC(C(Cc2ccoc2)NC)C1. The molecule has 1 aliphatic rings. The van der Waals surface area contributed by atoms with Crippen LogP contribution >= 0.6 is 0 Å². The number of nitrogens with one attached hydrogen (secondary N) is 1. The van der Waals surface area contributed by atoms with Crippen LogP contribution in [-0.4, -0.2) is 13.1 Å². The second kappa shape index (κ2) is 6.25. The summed E-state index contributed by atoms with van der Waals surface area (Å²) in [5, 5.41) is 3.51. The van der Waals surface area contributed by atoms with Gasteiger partial charge in [0.2, 0.25) is 0 Å². The molecule has 0 aliphatic heterocycles. The molecule has 1 N–H and O–H groups in total. The van der Waals surface area contributed by atoms with Gasteiger partial charge in [-0.15, -0.1) is 0 Å². The van der Waals surface area contributed by atoms with E-state index in [9.17, 15) is 0 Å². The van der Waals surface area contributed by atoms with Crippen LogP contribution in [0.1, 0.15) is 44.6 Å². The number of hydrogen-bond donors (Lipinski definition) is 1.